The van der Waals surface area contributed by atoms with E-state index in [-0.39, 0.29) is 11.7 Å². The maximum absolute atomic E-state index is 13.4. The van der Waals surface area contributed by atoms with Crippen LogP contribution < -0.4 is 5.32 Å². The van der Waals surface area contributed by atoms with Gasteiger partial charge in [0.1, 0.15) is 22.7 Å². The lowest BCUT2D eigenvalue weighted by molar-refractivity contribution is -0.119. The van der Waals surface area contributed by atoms with Crippen molar-refractivity contribution in [2.24, 2.45) is 0 Å². The van der Waals surface area contributed by atoms with E-state index in [0.717, 1.165) is 30.6 Å². The lowest BCUT2D eigenvalue weighted by atomic mass is 9.78. The first-order valence-corrected chi connectivity index (χ1v) is 10.3. The van der Waals surface area contributed by atoms with Crippen LogP contribution in [-0.4, -0.2) is 30.2 Å². The van der Waals surface area contributed by atoms with Crippen molar-refractivity contribution in [3.63, 3.8) is 0 Å². The number of anilines is 1. The lowest BCUT2D eigenvalue weighted by Gasteiger charge is -2.22. The molecule has 156 valence electrons. The van der Waals surface area contributed by atoms with Crippen LogP contribution in [0, 0.1) is 5.82 Å². The monoisotopic (exact) mass is 416 g/mol. The molecule has 1 unspecified atom stereocenters. The molecule has 5 rings (SSSR count). The SMILES string of the molecule is CCCCc1nc(-c2ncc3c(n2)NC(=O)C3(C)c2ccc(F)cc2)cn2ccnc12. The molecule has 1 aliphatic rings. The Morgan fingerprint density at radius 2 is 1.97 bits per heavy atom. The number of fused-ring (bicyclic) bond motifs is 2. The van der Waals surface area contributed by atoms with Crippen molar-refractivity contribution in [1.82, 2.24) is 24.3 Å². The molecule has 1 aromatic carbocycles. The highest BCUT2D eigenvalue weighted by Gasteiger charge is 2.45. The maximum Gasteiger partial charge on any atom is 0.240 e. The number of nitrogens with zero attached hydrogens (tertiary/aromatic N) is 5. The minimum absolute atomic E-state index is 0.220. The number of benzene rings is 1. The minimum Gasteiger partial charge on any atom is -0.309 e. The summed E-state index contributed by atoms with van der Waals surface area (Å²) in [5, 5.41) is 2.86. The van der Waals surface area contributed by atoms with Crippen LogP contribution in [0.4, 0.5) is 10.2 Å². The average molecular weight is 416 g/mol. The number of aryl methyl sites for hydroxylation is 1. The molecule has 7 nitrogen and oxygen atoms in total. The first kappa shape index (κ1) is 19.3. The second kappa shape index (κ2) is 7.23. The Hall–Kier alpha value is -3.68. The molecule has 31 heavy (non-hydrogen) atoms. The van der Waals surface area contributed by atoms with Crippen LogP contribution in [0.1, 0.15) is 43.5 Å². The largest absolute Gasteiger partial charge is 0.309 e. The molecule has 4 heterocycles. The van der Waals surface area contributed by atoms with Gasteiger partial charge in [0.25, 0.3) is 0 Å². The predicted molar refractivity (Wildman–Crippen MR) is 114 cm³/mol. The Morgan fingerprint density at radius 1 is 1.16 bits per heavy atom. The number of carbonyl (C=O) groups is 1. The topological polar surface area (TPSA) is 85.1 Å². The molecular formula is C23H21FN6O. The molecule has 1 amide bonds. The van der Waals surface area contributed by atoms with Gasteiger partial charge in [-0.2, -0.15) is 0 Å². The zero-order valence-electron chi connectivity index (χ0n) is 17.3. The summed E-state index contributed by atoms with van der Waals surface area (Å²) in [6.07, 6.45) is 10.00. The molecular weight excluding hydrogens is 395 g/mol. The van der Waals surface area contributed by atoms with Crippen molar-refractivity contribution in [3.05, 3.63) is 71.7 Å². The van der Waals surface area contributed by atoms with Gasteiger partial charge in [-0.3, -0.25) is 4.79 Å². The lowest BCUT2D eigenvalue weighted by Crippen LogP contribution is -2.32. The number of hydrogen-bond donors (Lipinski definition) is 1. The molecule has 1 atom stereocenters. The number of unbranched alkanes of at least 4 members (excludes halogenated alkanes) is 1. The van der Waals surface area contributed by atoms with E-state index in [1.165, 1.54) is 12.1 Å². The molecule has 0 saturated heterocycles. The normalized spacial score (nSPS) is 17.7. The second-order valence-electron chi connectivity index (χ2n) is 7.88. The first-order chi connectivity index (χ1) is 15.0. The average Bonchev–Trinajstić information content (AvgIpc) is 3.35. The van der Waals surface area contributed by atoms with Crippen LogP contribution in [0.5, 0.6) is 0 Å². The molecule has 1 N–H and O–H groups in total. The molecule has 0 spiro atoms. The summed E-state index contributed by atoms with van der Waals surface area (Å²) in [7, 11) is 0. The van der Waals surface area contributed by atoms with E-state index in [1.807, 2.05) is 16.8 Å². The maximum atomic E-state index is 13.4. The van der Waals surface area contributed by atoms with E-state index >= 15 is 0 Å². The molecule has 4 aromatic rings. The molecule has 0 aliphatic carbocycles. The van der Waals surface area contributed by atoms with Gasteiger partial charge in [-0.15, -0.1) is 0 Å². The van der Waals surface area contributed by atoms with Crippen LogP contribution in [0.3, 0.4) is 0 Å². The summed E-state index contributed by atoms with van der Waals surface area (Å²) in [5.74, 6) is 0.305. The Balaban J connectivity index is 1.58. The number of aromatic nitrogens is 5. The molecule has 0 bridgehead atoms. The minimum atomic E-state index is -0.990. The van der Waals surface area contributed by atoms with Crippen LogP contribution in [-0.2, 0) is 16.6 Å². The number of halogens is 1. The van der Waals surface area contributed by atoms with Crippen molar-refractivity contribution in [3.8, 4) is 11.5 Å². The third-order valence-electron chi connectivity index (χ3n) is 5.87. The van der Waals surface area contributed by atoms with Gasteiger partial charge in [-0.05, 0) is 37.5 Å². The number of amides is 1. The molecule has 1 aliphatic heterocycles. The Labute approximate surface area is 178 Å². The van der Waals surface area contributed by atoms with Crippen molar-refractivity contribution >= 4 is 17.4 Å². The van der Waals surface area contributed by atoms with Gasteiger partial charge in [0.05, 0.1) is 5.69 Å². The van der Waals surface area contributed by atoms with Gasteiger partial charge in [-0.1, -0.05) is 25.5 Å². The van der Waals surface area contributed by atoms with E-state index in [4.69, 9.17) is 4.98 Å². The fraction of sp³-hybridized carbons (Fsp3) is 0.261. The van der Waals surface area contributed by atoms with Gasteiger partial charge >= 0.3 is 0 Å². The Kier molecular flexibility index (Phi) is 4.50. The summed E-state index contributed by atoms with van der Waals surface area (Å²) in [4.78, 5) is 31.2. The fourth-order valence-electron chi connectivity index (χ4n) is 4.01. The predicted octanol–water partition coefficient (Wildman–Crippen LogP) is 3.93. The van der Waals surface area contributed by atoms with Gasteiger partial charge in [0, 0.05) is 30.4 Å². The first-order valence-electron chi connectivity index (χ1n) is 10.3. The zero-order valence-corrected chi connectivity index (χ0v) is 17.3. The van der Waals surface area contributed by atoms with Crippen molar-refractivity contribution in [1.29, 1.82) is 0 Å². The van der Waals surface area contributed by atoms with E-state index in [9.17, 15) is 9.18 Å². The van der Waals surface area contributed by atoms with Gasteiger partial charge in [0.15, 0.2) is 11.5 Å². The number of hydrogen-bond acceptors (Lipinski definition) is 5. The summed E-state index contributed by atoms with van der Waals surface area (Å²) < 4.78 is 15.3. The van der Waals surface area contributed by atoms with Crippen LogP contribution in [0.25, 0.3) is 17.2 Å². The third-order valence-corrected chi connectivity index (χ3v) is 5.87. The highest BCUT2D eigenvalue weighted by molar-refractivity contribution is 6.07. The zero-order chi connectivity index (χ0) is 21.6. The smallest absolute Gasteiger partial charge is 0.240 e. The second-order valence-corrected chi connectivity index (χ2v) is 7.88. The van der Waals surface area contributed by atoms with E-state index in [1.54, 1.807) is 31.5 Å². The van der Waals surface area contributed by atoms with Gasteiger partial charge < -0.3 is 9.72 Å². The Morgan fingerprint density at radius 3 is 2.74 bits per heavy atom. The highest BCUT2D eigenvalue weighted by atomic mass is 19.1. The Bertz CT molecular complexity index is 1300. The number of carbonyl (C=O) groups excluding carboxylic acids is 1. The standard InChI is InChI=1S/C23H21FN6O/c1-3-4-5-17-21-25-10-11-30(21)13-18(27-17)20-26-12-16-19(28-20)29-22(31)23(16,2)14-6-8-15(24)9-7-14/h6-13H,3-5H2,1-2H3,(H,26,28,29,31). The molecule has 3 aromatic heterocycles. The van der Waals surface area contributed by atoms with Crippen molar-refractivity contribution < 1.29 is 9.18 Å². The number of nitrogens with one attached hydrogen (secondary N) is 1. The summed E-state index contributed by atoms with van der Waals surface area (Å²) >= 11 is 0. The fourth-order valence-corrected chi connectivity index (χ4v) is 4.01. The number of rotatable bonds is 5. The van der Waals surface area contributed by atoms with E-state index < -0.39 is 5.41 Å². The van der Waals surface area contributed by atoms with Gasteiger partial charge in [-0.25, -0.2) is 24.3 Å². The van der Waals surface area contributed by atoms with Crippen molar-refractivity contribution in [2.75, 3.05) is 5.32 Å². The summed E-state index contributed by atoms with van der Waals surface area (Å²) in [5.41, 5.74) is 2.69. The summed E-state index contributed by atoms with van der Waals surface area (Å²) in [6, 6.07) is 5.94. The van der Waals surface area contributed by atoms with Crippen molar-refractivity contribution in [2.45, 2.75) is 38.5 Å². The van der Waals surface area contributed by atoms with Gasteiger partial charge in [0.2, 0.25) is 5.91 Å². The van der Waals surface area contributed by atoms with E-state index in [0.29, 0.717) is 28.5 Å². The molecule has 0 fully saturated rings. The third kappa shape index (κ3) is 3.06. The molecule has 0 radical (unpaired) electrons. The van der Waals surface area contributed by atoms with Crippen LogP contribution in [0.2, 0.25) is 0 Å². The molecule has 8 heteroatoms. The highest BCUT2D eigenvalue weighted by Crippen LogP contribution is 2.41. The molecule has 0 saturated carbocycles. The van der Waals surface area contributed by atoms with E-state index in [2.05, 4.69) is 27.2 Å². The van der Waals surface area contributed by atoms with Crippen LogP contribution in [0.15, 0.2) is 49.1 Å². The van der Waals surface area contributed by atoms with Crippen LogP contribution >= 0.6 is 0 Å². The quantitative estimate of drug-likeness (QED) is 0.533. The summed E-state index contributed by atoms with van der Waals surface area (Å²) in [6.45, 7) is 3.93. The number of imidazole rings is 1.